The van der Waals surface area contributed by atoms with Gasteiger partial charge >= 0.3 is 0 Å². The standard InChI is InChI=1S/C14H26N4/c1-14(2,3)13-8-12(16-17-13)10-18-6-4-11(9-15)5-7-18/h8,11H,4-7,9-10,15H2,1-3H3,(H,16,17). The highest BCUT2D eigenvalue weighted by Crippen LogP contribution is 2.22. The minimum atomic E-state index is 0.126. The second-order valence-corrected chi connectivity index (χ2v) is 6.48. The number of aromatic amines is 1. The van der Waals surface area contributed by atoms with Crippen LogP contribution in [0.4, 0.5) is 0 Å². The fourth-order valence-electron chi connectivity index (χ4n) is 2.45. The third-order valence-corrected chi connectivity index (χ3v) is 3.83. The summed E-state index contributed by atoms with van der Waals surface area (Å²) in [6.45, 7) is 10.7. The van der Waals surface area contributed by atoms with Crippen molar-refractivity contribution in [1.82, 2.24) is 15.1 Å². The first-order valence-corrected chi connectivity index (χ1v) is 6.96. The first-order valence-electron chi connectivity index (χ1n) is 6.96. The van der Waals surface area contributed by atoms with Crippen molar-refractivity contribution in [1.29, 1.82) is 0 Å². The van der Waals surface area contributed by atoms with E-state index in [0.717, 1.165) is 37.8 Å². The normalized spacial score (nSPS) is 19.3. The van der Waals surface area contributed by atoms with E-state index >= 15 is 0 Å². The summed E-state index contributed by atoms with van der Waals surface area (Å²) in [7, 11) is 0. The average molecular weight is 250 g/mol. The van der Waals surface area contributed by atoms with E-state index in [-0.39, 0.29) is 5.41 Å². The fourth-order valence-corrected chi connectivity index (χ4v) is 2.45. The number of piperidine rings is 1. The minimum Gasteiger partial charge on any atom is -0.330 e. The summed E-state index contributed by atoms with van der Waals surface area (Å²) in [6, 6.07) is 2.20. The van der Waals surface area contributed by atoms with Crippen molar-refractivity contribution >= 4 is 0 Å². The quantitative estimate of drug-likeness (QED) is 0.861. The monoisotopic (exact) mass is 250 g/mol. The number of likely N-dealkylation sites (tertiary alicyclic amines) is 1. The lowest BCUT2D eigenvalue weighted by Gasteiger charge is -2.30. The van der Waals surface area contributed by atoms with E-state index in [9.17, 15) is 0 Å². The summed E-state index contributed by atoms with van der Waals surface area (Å²) in [4.78, 5) is 2.49. The van der Waals surface area contributed by atoms with Crippen molar-refractivity contribution in [3.8, 4) is 0 Å². The molecule has 0 atom stereocenters. The molecule has 2 heterocycles. The van der Waals surface area contributed by atoms with E-state index in [1.54, 1.807) is 0 Å². The maximum absolute atomic E-state index is 5.72. The maximum Gasteiger partial charge on any atom is 0.0678 e. The Morgan fingerprint density at radius 1 is 1.39 bits per heavy atom. The molecule has 0 bridgehead atoms. The van der Waals surface area contributed by atoms with E-state index in [4.69, 9.17) is 5.73 Å². The van der Waals surface area contributed by atoms with Gasteiger partial charge in [0.2, 0.25) is 0 Å². The van der Waals surface area contributed by atoms with Gasteiger partial charge in [-0.1, -0.05) is 20.8 Å². The van der Waals surface area contributed by atoms with Gasteiger partial charge in [-0.05, 0) is 44.5 Å². The lowest BCUT2D eigenvalue weighted by atomic mass is 9.92. The Hall–Kier alpha value is -0.870. The third kappa shape index (κ3) is 3.33. The Morgan fingerprint density at radius 2 is 2.06 bits per heavy atom. The summed E-state index contributed by atoms with van der Waals surface area (Å²) < 4.78 is 0. The van der Waals surface area contributed by atoms with Crippen LogP contribution in [0.15, 0.2) is 6.07 Å². The van der Waals surface area contributed by atoms with Crippen LogP contribution in [0.2, 0.25) is 0 Å². The highest BCUT2D eigenvalue weighted by molar-refractivity contribution is 5.16. The van der Waals surface area contributed by atoms with Crippen molar-refractivity contribution in [2.24, 2.45) is 11.7 Å². The van der Waals surface area contributed by atoms with Crippen molar-refractivity contribution in [3.63, 3.8) is 0 Å². The molecular formula is C14H26N4. The number of hydrogen-bond acceptors (Lipinski definition) is 3. The van der Waals surface area contributed by atoms with Crippen LogP contribution in [-0.4, -0.2) is 34.7 Å². The smallest absolute Gasteiger partial charge is 0.0678 e. The summed E-state index contributed by atoms with van der Waals surface area (Å²) >= 11 is 0. The van der Waals surface area contributed by atoms with Gasteiger partial charge in [-0.15, -0.1) is 0 Å². The van der Waals surface area contributed by atoms with Crippen molar-refractivity contribution in [2.75, 3.05) is 19.6 Å². The van der Waals surface area contributed by atoms with Gasteiger partial charge in [0.15, 0.2) is 0 Å². The summed E-state index contributed by atoms with van der Waals surface area (Å²) in [5.41, 5.74) is 8.22. The van der Waals surface area contributed by atoms with Gasteiger partial charge in [-0.2, -0.15) is 5.10 Å². The molecule has 1 aliphatic heterocycles. The van der Waals surface area contributed by atoms with Crippen LogP contribution < -0.4 is 5.73 Å². The van der Waals surface area contributed by atoms with E-state index in [1.165, 1.54) is 18.5 Å². The number of nitrogens with zero attached hydrogens (tertiary/aromatic N) is 2. The zero-order chi connectivity index (χ0) is 13.2. The molecule has 0 radical (unpaired) electrons. The lowest BCUT2D eigenvalue weighted by Crippen LogP contribution is -2.35. The van der Waals surface area contributed by atoms with Crippen LogP contribution in [0, 0.1) is 5.92 Å². The zero-order valence-corrected chi connectivity index (χ0v) is 11.9. The molecule has 102 valence electrons. The van der Waals surface area contributed by atoms with Gasteiger partial charge < -0.3 is 5.73 Å². The Labute approximate surface area is 110 Å². The SMILES string of the molecule is CC(C)(C)c1cc(CN2CCC(CN)CC2)[nH]n1. The van der Waals surface area contributed by atoms with Crippen LogP contribution in [0.3, 0.4) is 0 Å². The fraction of sp³-hybridized carbons (Fsp3) is 0.786. The van der Waals surface area contributed by atoms with Crippen molar-refractivity contribution < 1.29 is 0 Å². The van der Waals surface area contributed by atoms with E-state index in [1.807, 2.05) is 0 Å². The average Bonchev–Trinajstić information content (AvgIpc) is 2.78. The summed E-state index contributed by atoms with van der Waals surface area (Å²) in [5.74, 6) is 0.730. The summed E-state index contributed by atoms with van der Waals surface area (Å²) in [5, 5.41) is 7.58. The Kier molecular flexibility index (Phi) is 4.07. The van der Waals surface area contributed by atoms with E-state index < -0.39 is 0 Å². The highest BCUT2D eigenvalue weighted by atomic mass is 15.2. The maximum atomic E-state index is 5.72. The second kappa shape index (κ2) is 5.41. The molecule has 2 rings (SSSR count). The molecule has 4 heteroatoms. The molecule has 1 aromatic rings. The van der Waals surface area contributed by atoms with Gasteiger partial charge in [0.05, 0.1) is 5.69 Å². The zero-order valence-electron chi connectivity index (χ0n) is 11.9. The van der Waals surface area contributed by atoms with Gasteiger partial charge in [-0.25, -0.2) is 0 Å². The molecule has 0 saturated carbocycles. The van der Waals surface area contributed by atoms with Crippen LogP contribution in [0.1, 0.15) is 45.0 Å². The highest BCUT2D eigenvalue weighted by Gasteiger charge is 2.20. The minimum absolute atomic E-state index is 0.126. The van der Waals surface area contributed by atoms with Crippen LogP contribution >= 0.6 is 0 Å². The van der Waals surface area contributed by atoms with Crippen LogP contribution in [0.25, 0.3) is 0 Å². The predicted octanol–water partition coefficient (Wildman–Crippen LogP) is 1.88. The van der Waals surface area contributed by atoms with Gasteiger partial charge in [-0.3, -0.25) is 10.00 Å². The molecule has 1 saturated heterocycles. The van der Waals surface area contributed by atoms with E-state index in [0.29, 0.717) is 0 Å². The number of nitrogens with one attached hydrogen (secondary N) is 1. The Balaban J connectivity index is 1.89. The Morgan fingerprint density at radius 3 is 2.56 bits per heavy atom. The molecule has 0 aromatic carbocycles. The molecule has 0 spiro atoms. The number of hydrogen-bond donors (Lipinski definition) is 2. The molecule has 1 aliphatic rings. The number of H-pyrrole nitrogens is 1. The van der Waals surface area contributed by atoms with Crippen LogP contribution in [-0.2, 0) is 12.0 Å². The molecule has 0 unspecified atom stereocenters. The Bertz CT molecular complexity index is 369. The molecule has 0 aliphatic carbocycles. The first kappa shape index (κ1) is 13.6. The number of nitrogens with two attached hydrogens (primary N) is 1. The summed E-state index contributed by atoms with van der Waals surface area (Å²) in [6.07, 6.45) is 2.47. The largest absolute Gasteiger partial charge is 0.330 e. The molecular weight excluding hydrogens is 224 g/mol. The van der Waals surface area contributed by atoms with Crippen LogP contribution in [0.5, 0.6) is 0 Å². The second-order valence-electron chi connectivity index (χ2n) is 6.48. The third-order valence-electron chi connectivity index (χ3n) is 3.83. The first-order chi connectivity index (χ1) is 8.49. The molecule has 4 nitrogen and oxygen atoms in total. The van der Waals surface area contributed by atoms with Gasteiger partial charge in [0.1, 0.15) is 0 Å². The number of aromatic nitrogens is 2. The molecule has 18 heavy (non-hydrogen) atoms. The molecule has 1 fully saturated rings. The van der Waals surface area contributed by atoms with E-state index in [2.05, 4.69) is 41.9 Å². The molecule has 0 amide bonds. The topological polar surface area (TPSA) is 57.9 Å². The van der Waals surface area contributed by atoms with Gasteiger partial charge in [0, 0.05) is 17.7 Å². The lowest BCUT2D eigenvalue weighted by molar-refractivity contribution is 0.178. The molecule has 3 N–H and O–H groups in total. The molecule has 1 aromatic heterocycles. The van der Waals surface area contributed by atoms with Crippen molar-refractivity contribution in [2.45, 2.75) is 45.6 Å². The van der Waals surface area contributed by atoms with Crippen molar-refractivity contribution in [3.05, 3.63) is 17.5 Å². The van der Waals surface area contributed by atoms with Gasteiger partial charge in [0.25, 0.3) is 0 Å². The predicted molar refractivity (Wildman–Crippen MR) is 74.3 cm³/mol. The number of rotatable bonds is 3.